The van der Waals surface area contributed by atoms with E-state index in [1.54, 1.807) is 0 Å². The van der Waals surface area contributed by atoms with E-state index in [2.05, 4.69) is 32.9 Å². The van der Waals surface area contributed by atoms with Crippen molar-refractivity contribution in [3.05, 3.63) is 83.9 Å². The predicted octanol–water partition coefficient (Wildman–Crippen LogP) is 8.65. The lowest BCUT2D eigenvalue weighted by atomic mass is 10.1. The second kappa shape index (κ2) is 13.6. The lowest BCUT2D eigenvalue weighted by molar-refractivity contribution is 0.0734. The molecule has 0 unspecified atom stereocenters. The van der Waals surface area contributed by atoms with E-state index >= 15 is 0 Å². The number of carbonyl (C=O) groups excluding carboxylic acids is 1. The number of hydrogen-bond donors (Lipinski definition) is 0. The number of carbonyl (C=O) groups is 1. The van der Waals surface area contributed by atoms with Crippen LogP contribution in [0, 0.1) is 0 Å². The summed E-state index contributed by atoms with van der Waals surface area (Å²) in [6, 6.07) is 23.5. The zero-order valence-corrected chi connectivity index (χ0v) is 20.9. The van der Waals surface area contributed by atoms with Gasteiger partial charge in [-0.3, -0.25) is 0 Å². The number of aryl methyl sites for hydroxylation is 1. The van der Waals surface area contributed by atoms with E-state index in [0.29, 0.717) is 11.3 Å². The Hall–Kier alpha value is -3.07. The van der Waals surface area contributed by atoms with E-state index < -0.39 is 0 Å². The highest BCUT2D eigenvalue weighted by atomic mass is 16.5. The summed E-state index contributed by atoms with van der Waals surface area (Å²) in [6.45, 7) is 6.55. The van der Waals surface area contributed by atoms with Crippen molar-refractivity contribution in [2.45, 2.75) is 78.2 Å². The molecular formula is C31H38O3. The van der Waals surface area contributed by atoms with Crippen LogP contribution in [0.3, 0.4) is 0 Å². The van der Waals surface area contributed by atoms with Crippen LogP contribution in [-0.2, 0) is 6.42 Å². The van der Waals surface area contributed by atoms with E-state index in [0.717, 1.165) is 42.6 Å². The highest BCUT2D eigenvalue weighted by Crippen LogP contribution is 2.26. The molecule has 0 N–H and O–H groups in total. The summed E-state index contributed by atoms with van der Waals surface area (Å²) >= 11 is 0. The third-order valence-corrected chi connectivity index (χ3v) is 6.06. The van der Waals surface area contributed by atoms with E-state index in [9.17, 15) is 4.79 Å². The Morgan fingerprint density at radius 1 is 0.706 bits per heavy atom. The van der Waals surface area contributed by atoms with E-state index in [4.69, 9.17) is 9.47 Å². The first-order chi connectivity index (χ1) is 16.6. The summed E-state index contributed by atoms with van der Waals surface area (Å²) in [6.07, 6.45) is 9.72. The molecule has 3 nitrogen and oxygen atoms in total. The fourth-order valence-corrected chi connectivity index (χ4v) is 3.95. The largest absolute Gasteiger partial charge is 0.491 e. The fourth-order valence-electron chi connectivity index (χ4n) is 3.95. The number of unbranched alkanes of at least 4 members (excludes halogenated alkanes) is 4. The molecule has 0 saturated heterocycles. The van der Waals surface area contributed by atoms with Gasteiger partial charge in [-0.15, -0.1) is 0 Å². The van der Waals surface area contributed by atoms with Gasteiger partial charge in [-0.05, 0) is 85.7 Å². The zero-order valence-electron chi connectivity index (χ0n) is 20.9. The van der Waals surface area contributed by atoms with Crippen molar-refractivity contribution in [3.8, 4) is 22.6 Å². The molecule has 3 heteroatoms. The number of rotatable bonds is 13. The van der Waals surface area contributed by atoms with Gasteiger partial charge in [0, 0.05) is 0 Å². The molecule has 3 aromatic rings. The topological polar surface area (TPSA) is 35.5 Å². The van der Waals surface area contributed by atoms with Crippen molar-refractivity contribution in [2.75, 3.05) is 0 Å². The molecule has 0 spiro atoms. The van der Waals surface area contributed by atoms with Gasteiger partial charge in [0.15, 0.2) is 0 Å². The van der Waals surface area contributed by atoms with Gasteiger partial charge < -0.3 is 9.47 Å². The molecule has 0 saturated carbocycles. The van der Waals surface area contributed by atoms with Gasteiger partial charge in [0.25, 0.3) is 0 Å². The third-order valence-electron chi connectivity index (χ3n) is 6.06. The second-order valence-electron chi connectivity index (χ2n) is 9.02. The lowest BCUT2D eigenvalue weighted by Gasteiger charge is -2.15. The van der Waals surface area contributed by atoms with Gasteiger partial charge in [-0.1, -0.05) is 75.9 Å². The molecular weight excluding hydrogens is 420 g/mol. The van der Waals surface area contributed by atoms with Gasteiger partial charge in [0.05, 0.1) is 11.7 Å². The van der Waals surface area contributed by atoms with Crippen LogP contribution in [0.25, 0.3) is 11.1 Å². The number of esters is 1. The van der Waals surface area contributed by atoms with Crippen molar-refractivity contribution in [3.63, 3.8) is 0 Å². The van der Waals surface area contributed by atoms with Crippen LogP contribution in [0.1, 0.15) is 81.6 Å². The highest BCUT2D eigenvalue weighted by molar-refractivity contribution is 5.91. The minimum Gasteiger partial charge on any atom is -0.491 e. The van der Waals surface area contributed by atoms with Crippen LogP contribution >= 0.6 is 0 Å². The first-order valence-corrected chi connectivity index (χ1v) is 12.8. The summed E-state index contributed by atoms with van der Waals surface area (Å²) in [4.78, 5) is 12.5. The van der Waals surface area contributed by atoms with Crippen LogP contribution in [-0.4, -0.2) is 12.1 Å². The number of benzene rings is 3. The predicted molar refractivity (Wildman–Crippen MR) is 141 cm³/mol. The van der Waals surface area contributed by atoms with Crippen molar-refractivity contribution < 1.29 is 14.3 Å². The highest BCUT2D eigenvalue weighted by Gasteiger charge is 2.09. The van der Waals surface area contributed by atoms with Crippen molar-refractivity contribution in [1.29, 1.82) is 0 Å². The minimum absolute atomic E-state index is 0.226. The maximum Gasteiger partial charge on any atom is 0.343 e. The molecule has 180 valence electrons. The summed E-state index contributed by atoms with van der Waals surface area (Å²) in [5.41, 5.74) is 3.99. The summed E-state index contributed by atoms with van der Waals surface area (Å²) < 4.78 is 11.6. The Morgan fingerprint density at radius 3 is 1.88 bits per heavy atom. The monoisotopic (exact) mass is 458 g/mol. The Morgan fingerprint density at radius 2 is 1.29 bits per heavy atom. The Kier molecular flexibility index (Phi) is 10.2. The van der Waals surface area contributed by atoms with Gasteiger partial charge in [-0.2, -0.15) is 0 Å². The molecule has 0 aliphatic rings. The molecule has 0 bridgehead atoms. The first kappa shape index (κ1) is 25.6. The smallest absolute Gasteiger partial charge is 0.343 e. The molecule has 3 rings (SSSR count). The third kappa shape index (κ3) is 8.06. The summed E-state index contributed by atoms with van der Waals surface area (Å²) in [5.74, 6) is 1.11. The fraction of sp³-hybridized carbons (Fsp3) is 0.387. The van der Waals surface area contributed by atoms with Crippen LogP contribution < -0.4 is 9.47 Å². The zero-order chi connectivity index (χ0) is 24.2. The minimum atomic E-state index is -0.333. The maximum atomic E-state index is 12.5. The molecule has 0 radical (unpaired) electrons. The molecule has 0 amide bonds. The quantitative estimate of drug-likeness (QED) is 0.146. The average Bonchev–Trinajstić information content (AvgIpc) is 2.86. The SMILES string of the molecule is CCCCCC[C@H](C)Oc1ccc(-c2ccc(OC(=O)c3ccc(CCCC)cc3)cc2)cc1. The average molecular weight is 459 g/mol. The molecule has 0 heterocycles. The van der Waals surface area contributed by atoms with Crippen LogP contribution in [0.15, 0.2) is 72.8 Å². The van der Waals surface area contributed by atoms with Gasteiger partial charge in [0.2, 0.25) is 0 Å². The molecule has 0 aliphatic carbocycles. The Bertz CT molecular complexity index is 988. The van der Waals surface area contributed by atoms with Gasteiger partial charge in [0.1, 0.15) is 11.5 Å². The normalized spacial score (nSPS) is 11.7. The van der Waals surface area contributed by atoms with E-state index in [1.807, 2.05) is 60.7 Å². The summed E-state index contributed by atoms with van der Waals surface area (Å²) in [5, 5.41) is 0. The summed E-state index contributed by atoms with van der Waals surface area (Å²) in [7, 11) is 0. The van der Waals surface area contributed by atoms with Crippen molar-refractivity contribution in [2.24, 2.45) is 0 Å². The van der Waals surface area contributed by atoms with Gasteiger partial charge >= 0.3 is 5.97 Å². The lowest BCUT2D eigenvalue weighted by Crippen LogP contribution is -2.11. The molecule has 1 atom stereocenters. The molecule has 0 aromatic heterocycles. The molecule has 3 aromatic carbocycles. The maximum absolute atomic E-state index is 12.5. The van der Waals surface area contributed by atoms with Gasteiger partial charge in [-0.25, -0.2) is 4.79 Å². The van der Waals surface area contributed by atoms with E-state index in [-0.39, 0.29) is 12.1 Å². The van der Waals surface area contributed by atoms with Crippen molar-refractivity contribution in [1.82, 2.24) is 0 Å². The second-order valence-corrected chi connectivity index (χ2v) is 9.02. The Balaban J connectivity index is 1.52. The van der Waals surface area contributed by atoms with Crippen LogP contribution in [0.4, 0.5) is 0 Å². The standard InChI is InChI=1S/C31H38O3/c1-4-6-8-9-10-24(3)33-29-20-16-26(17-21-29)27-18-22-30(23-19-27)34-31(32)28-14-12-25(13-15-28)11-7-5-2/h12-24H,4-11H2,1-3H3/t24-/m0/s1. The van der Waals surface area contributed by atoms with Crippen LogP contribution in [0.2, 0.25) is 0 Å². The van der Waals surface area contributed by atoms with Crippen LogP contribution in [0.5, 0.6) is 11.5 Å². The molecule has 0 aliphatic heterocycles. The number of ether oxygens (including phenoxy) is 2. The van der Waals surface area contributed by atoms with E-state index in [1.165, 1.54) is 31.2 Å². The molecule has 34 heavy (non-hydrogen) atoms. The first-order valence-electron chi connectivity index (χ1n) is 12.8. The molecule has 0 fully saturated rings. The van der Waals surface area contributed by atoms with Crippen molar-refractivity contribution >= 4 is 5.97 Å². The Labute approximate surface area is 205 Å². The number of hydrogen-bond acceptors (Lipinski definition) is 3.